The molecule has 2 rings (SSSR count). The molecule has 98 valence electrons. The lowest BCUT2D eigenvalue weighted by Crippen LogP contribution is -1.94. The fraction of sp³-hybridized carbons (Fsp3) is 0.125. The third kappa shape index (κ3) is 3.34. The summed E-state index contributed by atoms with van der Waals surface area (Å²) >= 11 is 6.27. The van der Waals surface area contributed by atoms with Gasteiger partial charge in [0.1, 0.15) is 4.36 Å². The Morgan fingerprint density at radius 1 is 1.00 bits per heavy atom. The highest BCUT2D eigenvalue weighted by atomic mass is 35.5. The zero-order valence-electron chi connectivity index (χ0n) is 10.9. The number of hydrogen-bond acceptors (Lipinski definition) is 1. The molecule has 0 fully saturated rings. The first-order chi connectivity index (χ1) is 9.09. The predicted molar refractivity (Wildman–Crippen MR) is 82.5 cm³/mol. The molecular weight excluding hydrogens is 276 g/mol. The monoisotopic (exact) mass is 290 g/mol. The summed E-state index contributed by atoms with van der Waals surface area (Å²) in [5.41, 5.74) is 2.98. The van der Waals surface area contributed by atoms with Crippen LogP contribution in [0.1, 0.15) is 18.1 Å². The topological polar surface area (TPSA) is 17.1 Å². The molecule has 0 spiro atoms. The summed E-state index contributed by atoms with van der Waals surface area (Å²) in [4.78, 5) is 0.728. The molecule has 1 unspecified atom stereocenters. The highest BCUT2D eigenvalue weighted by molar-refractivity contribution is 7.91. The van der Waals surface area contributed by atoms with E-state index in [0.29, 0.717) is 4.36 Å². The van der Waals surface area contributed by atoms with E-state index >= 15 is 0 Å². The Bertz CT molecular complexity index is 615. The summed E-state index contributed by atoms with van der Waals surface area (Å²) in [6, 6.07) is 17.3. The van der Waals surface area contributed by atoms with Crippen molar-refractivity contribution in [2.75, 3.05) is 0 Å². The molecule has 2 aromatic rings. The fourth-order valence-electron chi connectivity index (χ4n) is 1.71. The van der Waals surface area contributed by atoms with Gasteiger partial charge in [0.15, 0.2) is 0 Å². The van der Waals surface area contributed by atoms with E-state index in [9.17, 15) is 4.21 Å². The van der Waals surface area contributed by atoms with Gasteiger partial charge >= 0.3 is 0 Å². The normalized spacial score (nSPS) is 13.8. The molecule has 0 aromatic heterocycles. The highest BCUT2D eigenvalue weighted by Gasteiger charge is 2.12. The summed E-state index contributed by atoms with van der Waals surface area (Å²) in [6.07, 6.45) is 0. The minimum Gasteiger partial charge on any atom is -0.248 e. The van der Waals surface area contributed by atoms with Crippen LogP contribution in [0.25, 0.3) is 5.57 Å². The highest BCUT2D eigenvalue weighted by Crippen LogP contribution is 2.27. The van der Waals surface area contributed by atoms with Gasteiger partial charge in [0.25, 0.3) is 0 Å². The fourth-order valence-corrected chi connectivity index (χ4v) is 3.07. The van der Waals surface area contributed by atoms with Crippen LogP contribution in [-0.4, -0.2) is 4.21 Å². The van der Waals surface area contributed by atoms with Crippen molar-refractivity contribution in [1.29, 1.82) is 0 Å². The van der Waals surface area contributed by atoms with Gasteiger partial charge in [-0.3, -0.25) is 0 Å². The van der Waals surface area contributed by atoms with Crippen LogP contribution in [0, 0.1) is 6.92 Å². The van der Waals surface area contributed by atoms with Crippen LogP contribution in [0.15, 0.2) is 63.9 Å². The minimum absolute atomic E-state index is 0.384. The van der Waals surface area contributed by atoms with E-state index in [4.69, 9.17) is 11.6 Å². The zero-order chi connectivity index (χ0) is 13.8. The number of allylic oxidation sites excluding steroid dienone is 1. The van der Waals surface area contributed by atoms with E-state index in [-0.39, 0.29) is 0 Å². The summed E-state index contributed by atoms with van der Waals surface area (Å²) in [5.74, 6) is 0. The van der Waals surface area contributed by atoms with Crippen molar-refractivity contribution >= 4 is 28.0 Å². The Kier molecular flexibility index (Phi) is 4.56. The molecule has 0 radical (unpaired) electrons. The Labute approximate surface area is 121 Å². The average Bonchev–Trinajstić information content (AvgIpc) is 2.46. The first-order valence-corrected chi connectivity index (χ1v) is 7.52. The van der Waals surface area contributed by atoms with Crippen LogP contribution in [-0.2, 0) is 10.8 Å². The number of aryl methyl sites for hydroxylation is 1. The maximum absolute atomic E-state index is 12.4. The van der Waals surface area contributed by atoms with Crippen LogP contribution in [0.4, 0.5) is 0 Å². The largest absolute Gasteiger partial charge is 0.248 e. The van der Waals surface area contributed by atoms with Gasteiger partial charge in [-0.1, -0.05) is 59.6 Å². The van der Waals surface area contributed by atoms with Gasteiger partial charge < -0.3 is 0 Å². The van der Waals surface area contributed by atoms with Crippen molar-refractivity contribution in [2.24, 2.45) is 0 Å². The molecule has 3 heteroatoms. The van der Waals surface area contributed by atoms with Crippen molar-refractivity contribution in [3.8, 4) is 0 Å². The third-order valence-electron chi connectivity index (χ3n) is 2.90. The molecule has 1 nitrogen and oxygen atoms in total. The van der Waals surface area contributed by atoms with Crippen molar-refractivity contribution in [2.45, 2.75) is 18.7 Å². The molecule has 0 aliphatic heterocycles. The quantitative estimate of drug-likeness (QED) is 0.798. The maximum Gasteiger partial charge on any atom is 0.113 e. The number of benzene rings is 2. The lowest BCUT2D eigenvalue weighted by molar-refractivity contribution is 0.688. The van der Waals surface area contributed by atoms with Crippen molar-refractivity contribution in [3.05, 3.63) is 70.1 Å². The van der Waals surface area contributed by atoms with E-state index in [0.717, 1.165) is 21.6 Å². The number of hydrogen-bond donors (Lipinski definition) is 0. The van der Waals surface area contributed by atoms with Crippen LogP contribution < -0.4 is 0 Å². The van der Waals surface area contributed by atoms with E-state index in [1.54, 1.807) is 0 Å². The number of halogens is 1. The van der Waals surface area contributed by atoms with Crippen LogP contribution >= 0.6 is 11.6 Å². The van der Waals surface area contributed by atoms with Crippen molar-refractivity contribution in [3.63, 3.8) is 0 Å². The van der Waals surface area contributed by atoms with E-state index in [1.807, 2.05) is 68.4 Å². The average molecular weight is 291 g/mol. The summed E-state index contributed by atoms with van der Waals surface area (Å²) in [5, 5.41) is 0. The van der Waals surface area contributed by atoms with Gasteiger partial charge in [0, 0.05) is 4.90 Å². The Morgan fingerprint density at radius 2 is 1.58 bits per heavy atom. The van der Waals surface area contributed by atoms with Gasteiger partial charge in [0.05, 0.1) is 10.8 Å². The zero-order valence-corrected chi connectivity index (χ0v) is 12.5. The molecular formula is C16H15ClOS. The van der Waals surface area contributed by atoms with Gasteiger partial charge in [-0.25, -0.2) is 4.21 Å². The van der Waals surface area contributed by atoms with Gasteiger partial charge in [-0.05, 0) is 37.1 Å². The first-order valence-electron chi connectivity index (χ1n) is 6.00. The molecule has 0 aliphatic rings. The van der Waals surface area contributed by atoms with Gasteiger partial charge in [-0.15, -0.1) is 0 Å². The molecule has 0 bridgehead atoms. The van der Waals surface area contributed by atoms with Gasteiger partial charge in [-0.2, -0.15) is 0 Å². The second-order valence-corrected chi connectivity index (χ2v) is 6.37. The van der Waals surface area contributed by atoms with Crippen molar-refractivity contribution in [1.82, 2.24) is 0 Å². The van der Waals surface area contributed by atoms with E-state index in [1.165, 1.54) is 0 Å². The van der Waals surface area contributed by atoms with Gasteiger partial charge in [0.2, 0.25) is 0 Å². The third-order valence-corrected chi connectivity index (χ3v) is 4.94. The smallest absolute Gasteiger partial charge is 0.113 e. The first kappa shape index (κ1) is 14.0. The lowest BCUT2D eigenvalue weighted by Gasteiger charge is -2.06. The molecule has 0 heterocycles. The van der Waals surface area contributed by atoms with E-state index < -0.39 is 10.8 Å². The molecule has 19 heavy (non-hydrogen) atoms. The Hall–Kier alpha value is -1.38. The summed E-state index contributed by atoms with van der Waals surface area (Å²) in [6.45, 7) is 3.89. The minimum atomic E-state index is -1.32. The molecule has 0 aliphatic carbocycles. The number of rotatable bonds is 3. The second-order valence-electron chi connectivity index (χ2n) is 4.35. The van der Waals surface area contributed by atoms with Crippen LogP contribution in [0.5, 0.6) is 0 Å². The Balaban J connectivity index is 2.35. The molecule has 2 aromatic carbocycles. The van der Waals surface area contributed by atoms with E-state index in [2.05, 4.69) is 0 Å². The van der Waals surface area contributed by atoms with Crippen LogP contribution in [0.3, 0.4) is 0 Å². The lowest BCUT2D eigenvalue weighted by atomic mass is 10.1. The second kappa shape index (κ2) is 6.18. The Morgan fingerprint density at radius 3 is 2.16 bits per heavy atom. The molecule has 0 saturated heterocycles. The molecule has 0 N–H and O–H groups in total. The molecule has 1 atom stereocenters. The summed E-state index contributed by atoms with van der Waals surface area (Å²) < 4.78 is 12.8. The maximum atomic E-state index is 12.4. The molecule has 0 saturated carbocycles. The molecule has 0 amide bonds. The van der Waals surface area contributed by atoms with Crippen molar-refractivity contribution < 1.29 is 4.21 Å². The SMILES string of the molecule is C/C(=C(/Cl)S(=O)c1ccc(C)cc1)c1ccccc1. The standard InChI is InChI=1S/C16H15ClOS/c1-12-8-10-15(11-9-12)19(18)16(17)13(2)14-6-4-3-5-7-14/h3-11H,1-2H3/b16-13+. The summed E-state index contributed by atoms with van der Waals surface area (Å²) in [7, 11) is -1.32. The predicted octanol–water partition coefficient (Wildman–Crippen LogP) is 4.73. The van der Waals surface area contributed by atoms with Crippen LogP contribution in [0.2, 0.25) is 0 Å².